The molecule has 25 heavy (non-hydrogen) atoms. The van der Waals surface area contributed by atoms with Crippen LogP contribution in [0.1, 0.15) is 16.9 Å². The number of carbonyl (C=O) groups excluding carboxylic acids is 1. The predicted octanol–water partition coefficient (Wildman–Crippen LogP) is 2.69. The van der Waals surface area contributed by atoms with Gasteiger partial charge in [-0.1, -0.05) is 36.4 Å². The van der Waals surface area contributed by atoms with E-state index in [9.17, 15) is 13.2 Å². The summed E-state index contributed by atoms with van der Waals surface area (Å²) >= 11 is 1.67. The molecule has 3 rings (SSSR count). The van der Waals surface area contributed by atoms with Crippen molar-refractivity contribution in [3.8, 4) is 0 Å². The second-order valence-corrected chi connectivity index (χ2v) is 9.49. The van der Waals surface area contributed by atoms with Gasteiger partial charge in [-0.05, 0) is 29.9 Å². The van der Waals surface area contributed by atoms with E-state index >= 15 is 0 Å². The van der Waals surface area contributed by atoms with Crippen molar-refractivity contribution in [3.05, 3.63) is 58.3 Å². The second kappa shape index (κ2) is 8.01. The first-order valence-electron chi connectivity index (χ1n) is 8.35. The Kier molecular flexibility index (Phi) is 5.75. The van der Waals surface area contributed by atoms with Crippen LogP contribution >= 0.6 is 11.3 Å². The maximum atomic E-state index is 12.7. The first kappa shape index (κ1) is 17.9. The lowest BCUT2D eigenvalue weighted by molar-refractivity contribution is 0.176. The number of sulfone groups is 1. The van der Waals surface area contributed by atoms with Gasteiger partial charge in [0.15, 0.2) is 9.84 Å². The summed E-state index contributed by atoms with van der Waals surface area (Å²) in [4.78, 5) is 15.6. The minimum Gasteiger partial charge on any atom is -0.338 e. The Balaban J connectivity index is 1.65. The number of hydrogen-bond donors (Lipinski definition) is 1. The highest BCUT2D eigenvalue weighted by Gasteiger charge is 2.34. The lowest BCUT2D eigenvalue weighted by Crippen LogP contribution is -2.46. The quantitative estimate of drug-likeness (QED) is 0.840. The van der Waals surface area contributed by atoms with Crippen LogP contribution in [0.4, 0.5) is 4.79 Å². The zero-order valence-corrected chi connectivity index (χ0v) is 15.6. The van der Waals surface area contributed by atoms with E-state index in [1.54, 1.807) is 16.2 Å². The molecule has 5 nitrogen and oxygen atoms in total. The summed E-state index contributed by atoms with van der Waals surface area (Å²) in [5.41, 5.74) is 1.00. The van der Waals surface area contributed by atoms with Crippen LogP contribution in [-0.2, 0) is 22.8 Å². The van der Waals surface area contributed by atoms with Crippen molar-refractivity contribution < 1.29 is 13.2 Å². The zero-order chi connectivity index (χ0) is 17.7. The van der Waals surface area contributed by atoms with Gasteiger partial charge >= 0.3 is 6.03 Å². The Morgan fingerprint density at radius 1 is 1.20 bits per heavy atom. The van der Waals surface area contributed by atoms with Gasteiger partial charge in [-0.15, -0.1) is 11.3 Å². The number of carbonyl (C=O) groups is 1. The maximum Gasteiger partial charge on any atom is 0.317 e. The third-order valence-electron chi connectivity index (χ3n) is 4.33. The fourth-order valence-electron chi connectivity index (χ4n) is 3.02. The van der Waals surface area contributed by atoms with Crippen LogP contribution in [0.25, 0.3) is 0 Å². The minimum absolute atomic E-state index is 0.0537. The average Bonchev–Trinajstić information content (AvgIpc) is 3.23. The number of thiophene rings is 1. The van der Waals surface area contributed by atoms with E-state index in [-0.39, 0.29) is 23.6 Å². The van der Waals surface area contributed by atoms with Crippen LogP contribution in [0.2, 0.25) is 0 Å². The van der Waals surface area contributed by atoms with Gasteiger partial charge in [0.25, 0.3) is 0 Å². The molecule has 1 aromatic heterocycles. The standard InChI is InChI=1S/C18H22N2O3S2/c21-18(19-10-8-17-7-4-11-24-17)20(13-15-5-2-1-3-6-15)16-9-12-25(22,23)14-16/h1-7,11,16H,8-10,12-14H2,(H,19,21). The molecular weight excluding hydrogens is 356 g/mol. The number of nitrogens with one attached hydrogen (secondary N) is 1. The first-order valence-corrected chi connectivity index (χ1v) is 11.0. The summed E-state index contributed by atoms with van der Waals surface area (Å²) < 4.78 is 23.7. The summed E-state index contributed by atoms with van der Waals surface area (Å²) in [6, 6.07) is 13.3. The molecule has 1 atom stereocenters. The number of rotatable bonds is 6. The molecule has 0 bridgehead atoms. The van der Waals surface area contributed by atoms with Crippen molar-refractivity contribution in [2.45, 2.75) is 25.4 Å². The largest absolute Gasteiger partial charge is 0.338 e. The molecule has 2 heterocycles. The van der Waals surface area contributed by atoms with E-state index < -0.39 is 9.84 Å². The van der Waals surface area contributed by atoms with E-state index in [4.69, 9.17) is 0 Å². The highest BCUT2D eigenvalue weighted by Crippen LogP contribution is 2.20. The summed E-state index contributed by atoms with van der Waals surface area (Å²) in [5.74, 6) is 0.212. The monoisotopic (exact) mass is 378 g/mol. The van der Waals surface area contributed by atoms with Crippen LogP contribution in [0.3, 0.4) is 0 Å². The van der Waals surface area contributed by atoms with E-state index in [0.717, 1.165) is 12.0 Å². The fourth-order valence-corrected chi connectivity index (χ4v) is 5.46. The number of urea groups is 1. The normalized spacial score (nSPS) is 18.8. The number of benzene rings is 1. The van der Waals surface area contributed by atoms with Crippen molar-refractivity contribution in [3.63, 3.8) is 0 Å². The molecule has 2 amide bonds. The van der Waals surface area contributed by atoms with E-state index in [2.05, 4.69) is 5.32 Å². The molecule has 7 heteroatoms. The number of amides is 2. The topological polar surface area (TPSA) is 66.5 Å². The highest BCUT2D eigenvalue weighted by atomic mass is 32.2. The van der Waals surface area contributed by atoms with E-state index in [0.29, 0.717) is 19.5 Å². The SMILES string of the molecule is O=C(NCCc1cccs1)N(Cc1ccccc1)C1CCS(=O)(=O)C1. The molecule has 0 saturated carbocycles. The van der Waals surface area contributed by atoms with Crippen molar-refractivity contribution in [1.82, 2.24) is 10.2 Å². The Labute approximate surface area is 152 Å². The van der Waals surface area contributed by atoms with Gasteiger partial charge in [0.05, 0.1) is 11.5 Å². The molecule has 1 N–H and O–H groups in total. The van der Waals surface area contributed by atoms with Crippen LogP contribution in [-0.4, -0.2) is 43.4 Å². The Morgan fingerprint density at radius 2 is 2.00 bits per heavy atom. The molecule has 0 aliphatic carbocycles. The third-order valence-corrected chi connectivity index (χ3v) is 7.02. The van der Waals surface area contributed by atoms with Crippen molar-refractivity contribution in [1.29, 1.82) is 0 Å². The van der Waals surface area contributed by atoms with Gasteiger partial charge in [0.2, 0.25) is 0 Å². The molecular formula is C18H22N2O3S2. The Morgan fingerprint density at radius 3 is 2.64 bits per heavy atom. The molecule has 1 aliphatic heterocycles. The van der Waals surface area contributed by atoms with Crippen LogP contribution in [0.15, 0.2) is 47.8 Å². The number of hydrogen-bond acceptors (Lipinski definition) is 4. The van der Waals surface area contributed by atoms with Gasteiger partial charge in [0.1, 0.15) is 0 Å². The second-order valence-electron chi connectivity index (χ2n) is 6.23. The highest BCUT2D eigenvalue weighted by molar-refractivity contribution is 7.91. The molecule has 1 aliphatic rings. The van der Waals surface area contributed by atoms with Crippen molar-refractivity contribution >= 4 is 27.2 Å². The molecule has 1 aromatic carbocycles. The summed E-state index contributed by atoms with van der Waals surface area (Å²) in [7, 11) is -3.04. The summed E-state index contributed by atoms with van der Waals surface area (Å²) in [6.45, 7) is 0.968. The Hall–Kier alpha value is -1.86. The van der Waals surface area contributed by atoms with Gasteiger partial charge < -0.3 is 10.2 Å². The lowest BCUT2D eigenvalue weighted by Gasteiger charge is -2.28. The zero-order valence-electron chi connectivity index (χ0n) is 13.9. The van der Waals surface area contributed by atoms with E-state index in [1.165, 1.54) is 4.88 Å². The van der Waals surface area contributed by atoms with Crippen molar-refractivity contribution in [2.75, 3.05) is 18.1 Å². The maximum absolute atomic E-state index is 12.7. The van der Waals surface area contributed by atoms with Gasteiger partial charge in [-0.3, -0.25) is 0 Å². The predicted molar refractivity (Wildman–Crippen MR) is 100 cm³/mol. The van der Waals surface area contributed by atoms with Crippen molar-refractivity contribution in [2.24, 2.45) is 0 Å². The van der Waals surface area contributed by atoms with Crippen LogP contribution < -0.4 is 5.32 Å². The van der Waals surface area contributed by atoms with Crippen LogP contribution in [0, 0.1) is 0 Å². The van der Waals surface area contributed by atoms with Crippen LogP contribution in [0.5, 0.6) is 0 Å². The summed E-state index contributed by atoms with van der Waals surface area (Å²) in [6.07, 6.45) is 1.29. The van der Waals surface area contributed by atoms with Gasteiger partial charge in [-0.2, -0.15) is 0 Å². The average molecular weight is 379 g/mol. The molecule has 1 unspecified atom stereocenters. The molecule has 2 aromatic rings. The molecule has 1 fully saturated rings. The smallest absolute Gasteiger partial charge is 0.317 e. The van der Waals surface area contributed by atoms with Gasteiger partial charge in [0, 0.05) is 24.0 Å². The summed E-state index contributed by atoms with van der Waals surface area (Å²) in [5, 5.41) is 4.96. The van der Waals surface area contributed by atoms with E-state index in [1.807, 2.05) is 47.8 Å². The minimum atomic E-state index is -3.04. The Bertz CT molecular complexity index is 789. The molecule has 134 valence electrons. The molecule has 1 saturated heterocycles. The third kappa shape index (κ3) is 5.06. The number of nitrogens with zero attached hydrogens (tertiary/aromatic N) is 1. The first-order chi connectivity index (χ1) is 12.0. The molecule has 0 radical (unpaired) electrons. The molecule has 0 spiro atoms. The fraction of sp³-hybridized carbons (Fsp3) is 0.389. The van der Waals surface area contributed by atoms with Gasteiger partial charge in [-0.25, -0.2) is 13.2 Å². The lowest BCUT2D eigenvalue weighted by atomic mass is 10.1.